The summed E-state index contributed by atoms with van der Waals surface area (Å²) in [6.07, 6.45) is 6.22. The van der Waals surface area contributed by atoms with E-state index in [4.69, 9.17) is 5.11 Å². The van der Waals surface area contributed by atoms with Gasteiger partial charge in [-0.05, 0) is 49.8 Å². The van der Waals surface area contributed by atoms with Gasteiger partial charge in [0.1, 0.15) is 5.82 Å². The van der Waals surface area contributed by atoms with Gasteiger partial charge < -0.3 is 10.4 Å². The lowest BCUT2D eigenvalue weighted by Gasteiger charge is -2.37. The van der Waals surface area contributed by atoms with Crippen LogP contribution in [0.15, 0.2) is 24.3 Å². The van der Waals surface area contributed by atoms with Gasteiger partial charge in [0.25, 0.3) is 0 Å². The summed E-state index contributed by atoms with van der Waals surface area (Å²) in [5, 5.41) is 12.2. The fourth-order valence-electron chi connectivity index (χ4n) is 4.25. The zero-order valence-corrected chi connectivity index (χ0v) is 13.8. The quantitative estimate of drug-likeness (QED) is 0.887. The van der Waals surface area contributed by atoms with Crippen molar-refractivity contribution in [1.29, 1.82) is 0 Å². The summed E-state index contributed by atoms with van der Waals surface area (Å²) in [6.45, 7) is 0. The monoisotopic (exact) mass is 333 g/mol. The van der Waals surface area contributed by atoms with Crippen molar-refractivity contribution >= 4 is 11.9 Å². The summed E-state index contributed by atoms with van der Waals surface area (Å²) in [5.74, 6) is -1.54. The number of carbonyl (C=O) groups is 2. The lowest BCUT2D eigenvalue weighted by Crippen LogP contribution is -2.49. The Balaban J connectivity index is 1.79. The molecule has 1 aromatic carbocycles. The van der Waals surface area contributed by atoms with Gasteiger partial charge in [-0.1, -0.05) is 31.4 Å². The molecule has 0 aliphatic heterocycles. The molecule has 2 aliphatic carbocycles. The Morgan fingerprint density at radius 2 is 1.92 bits per heavy atom. The molecule has 24 heavy (non-hydrogen) atoms. The molecule has 4 nitrogen and oxygen atoms in total. The maximum atomic E-state index is 13.7. The summed E-state index contributed by atoms with van der Waals surface area (Å²) < 4.78 is 13.7. The second-order valence-corrected chi connectivity index (χ2v) is 7.17. The van der Waals surface area contributed by atoms with Crippen molar-refractivity contribution in [1.82, 2.24) is 5.32 Å². The summed E-state index contributed by atoms with van der Waals surface area (Å²) in [5.41, 5.74) is 0.0641. The molecule has 2 saturated carbocycles. The number of carbonyl (C=O) groups excluding carboxylic acids is 1. The van der Waals surface area contributed by atoms with Crippen molar-refractivity contribution in [3.8, 4) is 0 Å². The first kappa shape index (κ1) is 16.9. The first-order valence-corrected chi connectivity index (χ1v) is 8.81. The standard InChI is InChI=1S/C19H24FNO3/c20-15-6-4-5-14(12-15)19(9-2-1-3-10-19)18(24)21-16-8-7-13(11-16)17(22)23/h4-6,12-13,16H,1-3,7-11H2,(H,21,24)(H,22,23)/t13-,16+/m1/s1. The first-order chi connectivity index (χ1) is 11.5. The van der Waals surface area contributed by atoms with E-state index in [1.54, 1.807) is 6.07 Å². The molecule has 0 bridgehead atoms. The Labute approximate surface area is 141 Å². The molecule has 0 unspecified atom stereocenters. The van der Waals surface area contributed by atoms with Gasteiger partial charge >= 0.3 is 5.97 Å². The van der Waals surface area contributed by atoms with Crippen LogP contribution in [0.2, 0.25) is 0 Å². The zero-order valence-electron chi connectivity index (χ0n) is 13.8. The van der Waals surface area contributed by atoms with Gasteiger partial charge in [0.15, 0.2) is 0 Å². The molecule has 1 amide bonds. The van der Waals surface area contributed by atoms with Crippen molar-refractivity contribution < 1.29 is 19.1 Å². The summed E-state index contributed by atoms with van der Waals surface area (Å²) in [4.78, 5) is 24.2. The maximum Gasteiger partial charge on any atom is 0.306 e. The van der Waals surface area contributed by atoms with Gasteiger partial charge in [0, 0.05) is 6.04 Å². The average molecular weight is 333 g/mol. The molecular formula is C19H24FNO3. The molecule has 0 radical (unpaired) electrons. The van der Waals surface area contributed by atoms with E-state index in [0.29, 0.717) is 19.3 Å². The third-order valence-corrected chi connectivity index (χ3v) is 5.64. The van der Waals surface area contributed by atoms with Crippen molar-refractivity contribution in [3.63, 3.8) is 0 Å². The molecule has 130 valence electrons. The first-order valence-electron chi connectivity index (χ1n) is 8.81. The Morgan fingerprint density at radius 1 is 1.17 bits per heavy atom. The van der Waals surface area contributed by atoms with Gasteiger partial charge in [0.05, 0.1) is 11.3 Å². The predicted molar refractivity (Wildman–Crippen MR) is 88.1 cm³/mol. The largest absolute Gasteiger partial charge is 0.481 e. The molecular weight excluding hydrogens is 309 g/mol. The Morgan fingerprint density at radius 3 is 2.54 bits per heavy atom. The van der Waals surface area contributed by atoms with Crippen LogP contribution in [-0.2, 0) is 15.0 Å². The number of hydrogen-bond acceptors (Lipinski definition) is 2. The SMILES string of the molecule is O=C(O)[C@@H]1CC[C@H](NC(=O)C2(c3cccc(F)c3)CCCCC2)C1. The van der Waals surface area contributed by atoms with Crippen LogP contribution in [0.1, 0.15) is 56.9 Å². The molecule has 3 rings (SSSR count). The average Bonchev–Trinajstić information content (AvgIpc) is 3.04. The Kier molecular flexibility index (Phi) is 4.88. The van der Waals surface area contributed by atoms with Crippen LogP contribution in [-0.4, -0.2) is 23.0 Å². The van der Waals surface area contributed by atoms with Crippen LogP contribution in [0, 0.1) is 11.7 Å². The summed E-state index contributed by atoms with van der Waals surface area (Å²) >= 11 is 0. The second kappa shape index (κ2) is 6.91. The van der Waals surface area contributed by atoms with E-state index in [0.717, 1.165) is 37.7 Å². The fourth-order valence-corrected chi connectivity index (χ4v) is 4.25. The van der Waals surface area contributed by atoms with E-state index < -0.39 is 11.4 Å². The molecule has 0 aromatic heterocycles. The Hall–Kier alpha value is -1.91. The molecule has 0 saturated heterocycles. The minimum absolute atomic E-state index is 0.0659. The molecule has 1 aromatic rings. The number of amides is 1. The summed E-state index contributed by atoms with van der Waals surface area (Å²) in [7, 11) is 0. The maximum absolute atomic E-state index is 13.7. The molecule has 0 spiro atoms. The molecule has 0 heterocycles. The molecule has 2 fully saturated rings. The fraction of sp³-hybridized carbons (Fsp3) is 0.579. The lowest BCUT2D eigenvalue weighted by atomic mass is 9.68. The van der Waals surface area contributed by atoms with Crippen molar-refractivity contribution in [2.24, 2.45) is 5.92 Å². The van der Waals surface area contributed by atoms with Crippen LogP contribution in [0.25, 0.3) is 0 Å². The topological polar surface area (TPSA) is 66.4 Å². The van der Waals surface area contributed by atoms with E-state index >= 15 is 0 Å². The van der Waals surface area contributed by atoms with Crippen LogP contribution >= 0.6 is 0 Å². The van der Waals surface area contributed by atoms with E-state index in [1.165, 1.54) is 12.1 Å². The van der Waals surface area contributed by atoms with Gasteiger partial charge in [-0.2, -0.15) is 0 Å². The van der Waals surface area contributed by atoms with Gasteiger partial charge in [-0.3, -0.25) is 9.59 Å². The number of carboxylic acid groups (broad SMARTS) is 1. The number of rotatable bonds is 4. The normalized spacial score (nSPS) is 26.0. The summed E-state index contributed by atoms with van der Waals surface area (Å²) in [6, 6.07) is 6.27. The van der Waals surface area contributed by atoms with Crippen molar-refractivity contribution in [3.05, 3.63) is 35.6 Å². The van der Waals surface area contributed by atoms with Gasteiger partial charge in [-0.25, -0.2) is 4.39 Å². The molecule has 5 heteroatoms. The van der Waals surface area contributed by atoms with E-state index in [-0.39, 0.29) is 23.7 Å². The zero-order chi connectivity index (χ0) is 17.2. The highest BCUT2D eigenvalue weighted by molar-refractivity contribution is 5.88. The van der Waals surface area contributed by atoms with Gasteiger partial charge in [-0.15, -0.1) is 0 Å². The third kappa shape index (κ3) is 3.30. The van der Waals surface area contributed by atoms with Gasteiger partial charge in [0.2, 0.25) is 5.91 Å². The number of hydrogen-bond donors (Lipinski definition) is 2. The molecule has 2 atom stereocenters. The van der Waals surface area contributed by atoms with Crippen LogP contribution < -0.4 is 5.32 Å². The molecule has 2 aliphatic rings. The molecule has 2 N–H and O–H groups in total. The minimum atomic E-state index is -0.788. The predicted octanol–water partition coefficient (Wildman–Crippen LogP) is 3.40. The van der Waals surface area contributed by atoms with E-state index in [2.05, 4.69) is 5.32 Å². The highest BCUT2D eigenvalue weighted by atomic mass is 19.1. The minimum Gasteiger partial charge on any atom is -0.481 e. The second-order valence-electron chi connectivity index (χ2n) is 7.17. The van der Waals surface area contributed by atoms with Crippen LogP contribution in [0.4, 0.5) is 4.39 Å². The van der Waals surface area contributed by atoms with Crippen molar-refractivity contribution in [2.75, 3.05) is 0 Å². The van der Waals surface area contributed by atoms with Crippen LogP contribution in [0.5, 0.6) is 0 Å². The highest BCUT2D eigenvalue weighted by Gasteiger charge is 2.43. The number of nitrogens with one attached hydrogen (secondary N) is 1. The number of aliphatic carboxylic acids is 1. The van der Waals surface area contributed by atoms with E-state index in [1.807, 2.05) is 6.07 Å². The number of benzene rings is 1. The number of carboxylic acids is 1. The number of halogens is 1. The smallest absolute Gasteiger partial charge is 0.306 e. The Bertz CT molecular complexity index is 625. The van der Waals surface area contributed by atoms with Crippen LogP contribution in [0.3, 0.4) is 0 Å². The third-order valence-electron chi connectivity index (χ3n) is 5.64. The van der Waals surface area contributed by atoms with Crippen molar-refractivity contribution in [2.45, 2.75) is 62.8 Å². The lowest BCUT2D eigenvalue weighted by molar-refractivity contribution is -0.141. The van der Waals surface area contributed by atoms with E-state index in [9.17, 15) is 14.0 Å². The highest BCUT2D eigenvalue weighted by Crippen LogP contribution is 2.40.